The fraction of sp³-hybridized carbons (Fsp3) is 0.412. The van der Waals surface area contributed by atoms with Gasteiger partial charge in [0.25, 0.3) is 0 Å². The zero-order chi connectivity index (χ0) is 15.5. The lowest BCUT2D eigenvalue weighted by Gasteiger charge is -2.25. The molecule has 0 aliphatic rings. The molecule has 0 aliphatic carbocycles. The molecule has 0 aliphatic heterocycles. The predicted molar refractivity (Wildman–Crippen MR) is 97.2 cm³/mol. The van der Waals surface area contributed by atoms with Crippen LogP contribution < -0.4 is 10.2 Å². The normalized spacial score (nSPS) is 11.7. The lowest BCUT2D eigenvalue weighted by Crippen LogP contribution is -2.35. The van der Waals surface area contributed by atoms with Crippen molar-refractivity contribution in [2.24, 2.45) is 0 Å². The van der Waals surface area contributed by atoms with Gasteiger partial charge >= 0.3 is 0 Å². The van der Waals surface area contributed by atoms with Crippen molar-refractivity contribution in [3.63, 3.8) is 0 Å². The highest BCUT2D eigenvalue weighted by Gasteiger charge is 2.13. The summed E-state index contributed by atoms with van der Waals surface area (Å²) >= 11 is 5.39. The fourth-order valence-electron chi connectivity index (χ4n) is 2.12. The molecule has 0 bridgehead atoms. The topological polar surface area (TPSA) is 15.3 Å². The summed E-state index contributed by atoms with van der Waals surface area (Å²) in [4.78, 5) is 3.70. The van der Waals surface area contributed by atoms with Gasteiger partial charge in [0.15, 0.2) is 0 Å². The van der Waals surface area contributed by atoms with Gasteiger partial charge in [-0.1, -0.05) is 28.1 Å². The minimum absolute atomic E-state index is 0.122. The Morgan fingerprint density at radius 2 is 2.00 bits per heavy atom. The van der Waals surface area contributed by atoms with E-state index < -0.39 is 0 Å². The molecule has 0 unspecified atom stereocenters. The van der Waals surface area contributed by atoms with E-state index in [1.165, 1.54) is 16.1 Å². The highest BCUT2D eigenvalue weighted by Crippen LogP contribution is 2.27. The molecule has 21 heavy (non-hydrogen) atoms. The van der Waals surface area contributed by atoms with Crippen molar-refractivity contribution < 1.29 is 0 Å². The van der Waals surface area contributed by atoms with Crippen LogP contribution in [0.4, 0.5) is 5.69 Å². The van der Waals surface area contributed by atoms with Crippen LogP contribution in [0.5, 0.6) is 0 Å². The number of rotatable bonds is 5. The first-order chi connectivity index (χ1) is 9.85. The number of hydrogen-bond acceptors (Lipinski definition) is 3. The lowest BCUT2D eigenvalue weighted by molar-refractivity contribution is 0.424. The summed E-state index contributed by atoms with van der Waals surface area (Å²) in [7, 11) is 2.15. The third-order valence-corrected chi connectivity index (χ3v) is 4.60. The van der Waals surface area contributed by atoms with Crippen LogP contribution in [0.2, 0.25) is 0 Å². The largest absolute Gasteiger partial charge is 0.369 e. The Hall–Kier alpha value is -0.840. The molecule has 2 nitrogen and oxygen atoms in total. The van der Waals surface area contributed by atoms with Crippen molar-refractivity contribution in [1.82, 2.24) is 5.32 Å². The zero-order valence-corrected chi connectivity index (χ0v) is 15.5. The van der Waals surface area contributed by atoms with Gasteiger partial charge in [0.05, 0.1) is 6.54 Å². The molecule has 0 saturated heterocycles. The van der Waals surface area contributed by atoms with Gasteiger partial charge in [-0.3, -0.25) is 0 Å². The van der Waals surface area contributed by atoms with Crippen molar-refractivity contribution in [3.8, 4) is 0 Å². The summed E-state index contributed by atoms with van der Waals surface area (Å²) in [5.74, 6) is 0. The zero-order valence-electron chi connectivity index (χ0n) is 13.1. The first kappa shape index (κ1) is 16.5. The molecule has 1 N–H and O–H groups in total. The third kappa shape index (κ3) is 5.13. The van der Waals surface area contributed by atoms with Gasteiger partial charge in [0.1, 0.15) is 0 Å². The maximum absolute atomic E-state index is 3.59. The van der Waals surface area contributed by atoms with Crippen LogP contribution in [0.3, 0.4) is 0 Å². The average molecular weight is 367 g/mol. The van der Waals surface area contributed by atoms with Crippen LogP contribution in [0.25, 0.3) is 0 Å². The van der Waals surface area contributed by atoms with E-state index in [0.717, 1.165) is 17.6 Å². The van der Waals surface area contributed by atoms with Crippen LogP contribution in [-0.2, 0) is 13.1 Å². The third-order valence-electron chi connectivity index (χ3n) is 3.24. The highest BCUT2D eigenvalue weighted by molar-refractivity contribution is 9.10. The predicted octanol–water partition coefficient (Wildman–Crippen LogP) is 5.04. The second-order valence-electron chi connectivity index (χ2n) is 6.31. The number of nitrogens with one attached hydrogen (secondary N) is 1. The van der Waals surface area contributed by atoms with Gasteiger partial charge in [-0.25, -0.2) is 0 Å². The van der Waals surface area contributed by atoms with E-state index in [2.05, 4.69) is 89.7 Å². The molecule has 0 radical (unpaired) electrons. The van der Waals surface area contributed by atoms with E-state index in [1.54, 1.807) is 11.3 Å². The van der Waals surface area contributed by atoms with E-state index in [1.807, 2.05) is 0 Å². The molecule has 4 heteroatoms. The van der Waals surface area contributed by atoms with E-state index >= 15 is 0 Å². The lowest BCUT2D eigenvalue weighted by atomic mass is 10.1. The number of nitrogens with zero attached hydrogens (tertiary/aromatic N) is 1. The summed E-state index contributed by atoms with van der Waals surface area (Å²) in [6.45, 7) is 8.40. The Labute approximate surface area is 140 Å². The van der Waals surface area contributed by atoms with Gasteiger partial charge < -0.3 is 10.2 Å². The SMILES string of the molecule is CN(Cc1cccs1)c1cc(Br)ccc1CNC(C)(C)C. The number of benzene rings is 1. The number of halogens is 1. The maximum Gasteiger partial charge on any atom is 0.0519 e. The maximum atomic E-state index is 3.59. The molecular formula is C17H23BrN2S. The smallest absolute Gasteiger partial charge is 0.0519 e. The minimum atomic E-state index is 0.122. The van der Waals surface area contributed by atoms with Crippen LogP contribution in [0, 0.1) is 0 Å². The Balaban J connectivity index is 2.18. The van der Waals surface area contributed by atoms with E-state index in [0.29, 0.717) is 0 Å². The summed E-state index contributed by atoms with van der Waals surface area (Å²) in [5.41, 5.74) is 2.72. The number of thiophene rings is 1. The second-order valence-corrected chi connectivity index (χ2v) is 8.26. The van der Waals surface area contributed by atoms with Gasteiger partial charge in [-0.05, 0) is 49.9 Å². The quantitative estimate of drug-likeness (QED) is 0.797. The Kier molecular flexibility index (Phi) is 5.47. The van der Waals surface area contributed by atoms with Gasteiger partial charge in [0, 0.05) is 34.2 Å². The summed E-state index contributed by atoms with van der Waals surface area (Å²) < 4.78 is 1.12. The molecular weight excluding hydrogens is 344 g/mol. The first-order valence-corrected chi connectivity index (χ1v) is 8.79. The highest BCUT2D eigenvalue weighted by atomic mass is 79.9. The summed E-state index contributed by atoms with van der Waals surface area (Å²) in [6, 6.07) is 10.8. The molecule has 0 atom stereocenters. The van der Waals surface area contributed by atoms with Crippen molar-refractivity contribution in [1.29, 1.82) is 0 Å². The molecule has 0 saturated carbocycles. The number of hydrogen-bond donors (Lipinski definition) is 1. The molecule has 0 amide bonds. The van der Waals surface area contributed by atoms with E-state index in [4.69, 9.17) is 0 Å². The summed E-state index contributed by atoms with van der Waals surface area (Å²) in [5, 5.41) is 5.70. The molecule has 0 spiro atoms. The summed E-state index contributed by atoms with van der Waals surface area (Å²) in [6.07, 6.45) is 0. The monoisotopic (exact) mass is 366 g/mol. The van der Waals surface area contributed by atoms with Crippen molar-refractivity contribution in [3.05, 3.63) is 50.6 Å². The molecule has 1 aromatic carbocycles. The van der Waals surface area contributed by atoms with Crippen molar-refractivity contribution in [2.45, 2.75) is 39.4 Å². The molecule has 2 rings (SSSR count). The molecule has 1 aromatic heterocycles. The van der Waals surface area contributed by atoms with Gasteiger partial charge in [0.2, 0.25) is 0 Å². The van der Waals surface area contributed by atoms with Gasteiger partial charge in [-0.15, -0.1) is 11.3 Å². The average Bonchev–Trinajstić information content (AvgIpc) is 2.89. The Morgan fingerprint density at radius 3 is 2.62 bits per heavy atom. The first-order valence-electron chi connectivity index (χ1n) is 7.12. The Bertz CT molecular complexity index is 573. The Morgan fingerprint density at radius 1 is 1.24 bits per heavy atom. The standard InChI is InChI=1S/C17H23BrN2S/c1-17(2,3)19-11-13-7-8-14(18)10-16(13)20(4)12-15-6-5-9-21-15/h5-10,19H,11-12H2,1-4H3. The number of anilines is 1. The van der Waals surface area contributed by atoms with Crippen LogP contribution in [0.15, 0.2) is 40.2 Å². The molecule has 114 valence electrons. The van der Waals surface area contributed by atoms with Crippen LogP contribution >= 0.6 is 27.3 Å². The van der Waals surface area contributed by atoms with E-state index in [-0.39, 0.29) is 5.54 Å². The van der Waals surface area contributed by atoms with Crippen LogP contribution in [0.1, 0.15) is 31.2 Å². The molecule has 1 heterocycles. The van der Waals surface area contributed by atoms with E-state index in [9.17, 15) is 0 Å². The van der Waals surface area contributed by atoms with Crippen LogP contribution in [-0.4, -0.2) is 12.6 Å². The molecule has 0 fully saturated rings. The minimum Gasteiger partial charge on any atom is -0.369 e. The molecule has 2 aromatic rings. The van der Waals surface area contributed by atoms with Crippen molar-refractivity contribution in [2.75, 3.05) is 11.9 Å². The fourth-order valence-corrected chi connectivity index (χ4v) is 3.23. The van der Waals surface area contributed by atoms with Crippen molar-refractivity contribution >= 4 is 33.0 Å². The second kappa shape index (κ2) is 6.95. The van der Waals surface area contributed by atoms with Gasteiger partial charge in [-0.2, -0.15) is 0 Å².